The van der Waals surface area contributed by atoms with E-state index in [0.717, 1.165) is 31.2 Å². The molecule has 20 heavy (non-hydrogen) atoms. The van der Waals surface area contributed by atoms with Crippen LogP contribution in [0.4, 0.5) is 4.39 Å². The van der Waals surface area contributed by atoms with Gasteiger partial charge in [-0.2, -0.15) is 0 Å². The van der Waals surface area contributed by atoms with Crippen LogP contribution in [-0.4, -0.2) is 17.0 Å². The normalized spacial score (nSPS) is 16.9. The molecule has 0 aliphatic heterocycles. The zero-order chi connectivity index (χ0) is 14.6. The number of aliphatic carboxylic acids is 1. The van der Waals surface area contributed by atoms with Gasteiger partial charge in [-0.05, 0) is 30.5 Å². The molecule has 1 amide bonds. The van der Waals surface area contributed by atoms with E-state index in [0.29, 0.717) is 0 Å². The van der Waals surface area contributed by atoms with Crippen LogP contribution in [0.15, 0.2) is 24.3 Å². The number of amides is 1. The number of carboxylic acids is 1. The fraction of sp³-hybridized carbons (Fsp3) is 0.467. The minimum absolute atomic E-state index is 0.0295. The van der Waals surface area contributed by atoms with Crippen molar-refractivity contribution in [3.05, 3.63) is 35.6 Å². The molecular weight excluding hydrogens is 261 g/mol. The molecule has 0 heterocycles. The van der Waals surface area contributed by atoms with E-state index in [9.17, 15) is 14.0 Å². The third kappa shape index (κ3) is 3.35. The van der Waals surface area contributed by atoms with Gasteiger partial charge in [0.1, 0.15) is 5.82 Å². The SMILES string of the molecule is O=C(O)CCC(=O)NC1(c2ccc(F)cc2)CCCC1. The molecule has 1 fully saturated rings. The maximum absolute atomic E-state index is 13.0. The van der Waals surface area contributed by atoms with Gasteiger partial charge in [0.15, 0.2) is 0 Å². The number of hydrogen-bond donors (Lipinski definition) is 2. The number of carbonyl (C=O) groups is 2. The van der Waals surface area contributed by atoms with E-state index in [2.05, 4.69) is 5.32 Å². The second-order valence-corrected chi connectivity index (χ2v) is 5.24. The maximum Gasteiger partial charge on any atom is 0.303 e. The molecule has 0 spiro atoms. The molecule has 4 nitrogen and oxygen atoms in total. The van der Waals surface area contributed by atoms with Crippen LogP contribution >= 0.6 is 0 Å². The van der Waals surface area contributed by atoms with Gasteiger partial charge in [-0.25, -0.2) is 4.39 Å². The lowest BCUT2D eigenvalue weighted by Crippen LogP contribution is -2.43. The molecule has 1 aliphatic carbocycles. The van der Waals surface area contributed by atoms with E-state index in [1.165, 1.54) is 12.1 Å². The Hall–Kier alpha value is -1.91. The molecule has 108 valence electrons. The average molecular weight is 279 g/mol. The van der Waals surface area contributed by atoms with Crippen molar-refractivity contribution >= 4 is 11.9 Å². The zero-order valence-corrected chi connectivity index (χ0v) is 11.2. The number of benzene rings is 1. The van der Waals surface area contributed by atoms with Crippen LogP contribution in [0.1, 0.15) is 44.1 Å². The zero-order valence-electron chi connectivity index (χ0n) is 11.2. The summed E-state index contributed by atoms with van der Waals surface area (Å²) in [5.41, 5.74) is 0.420. The van der Waals surface area contributed by atoms with Gasteiger partial charge >= 0.3 is 5.97 Å². The van der Waals surface area contributed by atoms with Crippen molar-refractivity contribution in [2.45, 2.75) is 44.1 Å². The van der Waals surface area contributed by atoms with Crippen LogP contribution in [0.5, 0.6) is 0 Å². The number of hydrogen-bond acceptors (Lipinski definition) is 2. The topological polar surface area (TPSA) is 66.4 Å². The summed E-state index contributed by atoms with van der Waals surface area (Å²) in [6.45, 7) is 0. The van der Waals surface area contributed by atoms with E-state index in [-0.39, 0.29) is 24.6 Å². The Balaban J connectivity index is 2.11. The summed E-state index contributed by atoms with van der Waals surface area (Å²) >= 11 is 0. The Bertz CT molecular complexity index is 492. The maximum atomic E-state index is 13.0. The lowest BCUT2D eigenvalue weighted by atomic mass is 9.88. The summed E-state index contributed by atoms with van der Waals surface area (Å²) < 4.78 is 13.0. The van der Waals surface area contributed by atoms with Crippen molar-refractivity contribution in [1.82, 2.24) is 5.32 Å². The van der Waals surface area contributed by atoms with E-state index >= 15 is 0 Å². The van der Waals surface area contributed by atoms with Crippen molar-refractivity contribution in [3.8, 4) is 0 Å². The van der Waals surface area contributed by atoms with Crippen LogP contribution in [0.25, 0.3) is 0 Å². The van der Waals surface area contributed by atoms with Gasteiger partial charge in [0, 0.05) is 6.42 Å². The van der Waals surface area contributed by atoms with Gasteiger partial charge < -0.3 is 10.4 Å². The quantitative estimate of drug-likeness (QED) is 0.870. The van der Waals surface area contributed by atoms with Crippen LogP contribution < -0.4 is 5.32 Å². The second-order valence-electron chi connectivity index (χ2n) is 5.24. The minimum Gasteiger partial charge on any atom is -0.481 e. The first kappa shape index (κ1) is 14.5. The molecule has 5 heteroatoms. The van der Waals surface area contributed by atoms with Gasteiger partial charge in [0.25, 0.3) is 0 Å². The standard InChI is InChI=1S/C15H18FNO3/c16-12-5-3-11(4-6-12)15(9-1-2-10-15)17-13(18)7-8-14(19)20/h3-6H,1-2,7-10H2,(H,17,18)(H,19,20). The summed E-state index contributed by atoms with van der Waals surface area (Å²) in [7, 11) is 0. The predicted octanol–water partition coefficient (Wildman–Crippen LogP) is 2.58. The number of carboxylic acid groups (broad SMARTS) is 1. The molecule has 0 atom stereocenters. The molecule has 1 aromatic carbocycles. The summed E-state index contributed by atoms with van der Waals surface area (Å²) in [5.74, 6) is -1.56. The van der Waals surface area contributed by atoms with E-state index < -0.39 is 11.5 Å². The molecule has 2 rings (SSSR count). The van der Waals surface area contributed by atoms with Crippen LogP contribution in [0.3, 0.4) is 0 Å². The lowest BCUT2D eigenvalue weighted by molar-refractivity contribution is -0.139. The molecule has 1 aliphatic rings. The van der Waals surface area contributed by atoms with Gasteiger partial charge in [0.2, 0.25) is 5.91 Å². The van der Waals surface area contributed by atoms with Gasteiger partial charge in [0.05, 0.1) is 12.0 Å². The first-order valence-electron chi connectivity index (χ1n) is 6.81. The molecule has 0 saturated heterocycles. The van der Waals surface area contributed by atoms with Crippen LogP contribution in [0, 0.1) is 5.82 Å². The first-order chi connectivity index (χ1) is 9.52. The van der Waals surface area contributed by atoms with Gasteiger partial charge in [-0.1, -0.05) is 25.0 Å². The van der Waals surface area contributed by atoms with E-state index in [1.54, 1.807) is 12.1 Å². The van der Waals surface area contributed by atoms with Gasteiger partial charge in [-0.3, -0.25) is 9.59 Å². The Labute approximate surface area is 117 Å². The third-order valence-electron chi connectivity index (χ3n) is 3.80. The number of nitrogens with one attached hydrogen (secondary N) is 1. The highest BCUT2D eigenvalue weighted by atomic mass is 19.1. The number of carbonyl (C=O) groups excluding carboxylic acids is 1. The molecule has 0 unspecified atom stereocenters. The highest BCUT2D eigenvalue weighted by Gasteiger charge is 2.36. The molecule has 1 aromatic rings. The smallest absolute Gasteiger partial charge is 0.303 e. The van der Waals surface area contributed by atoms with Crippen molar-refractivity contribution in [3.63, 3.8) is 0 Å². The molecule has 2 N–H and O–H groups in total. The molecule has 1 saturated carbocycles. The predicted molar refractivity (Wildman–Crippen MR) is 71.6 cm³/mol. The van der Waals surface area contributed by atoms with Crippen LogP contribution in [-0.2, 0) is 15.1 Å². The third-order valence-corrected chi connectivity index (χ3v) is 3.80. The monoisotopic (exact) mass is 279 g/mol. The number of halogens is 1. The molecule has 0 bridgehead atoms. The second kappa shape index (κ2) is 6.03. The van der Waals surface area contributed by atoms with E-state index in [4.69, 9.17) is 5.11 Å². The lowest BCUT2D eigenvalue weighted by Gasteiger charge is -2.31. The van der Waals surface area contributed by atoms with Crippen molar-refractivity contribution < 1.29 is 19.1 Å². The molecular formula is C15H18FNO3. The first-order valence-corrected chi connectivity index (χ1v) is 6.81. The fourth-order valence-corrected chi connectivity index (χ4v) is 2.78. The fourth-order valence-electron chi connectivity index (χ4n) is 2.78. The summed E-state index contributed by atoms with van der Waals surface area (Å²) in [4.78, 5) is 22.4. The average Bonchev–Trinajstić information content (AvgIpc) is 2.87. The summed E-state index contributed by atoms with van der Waals surface area (Å²) in [5, 5.41) is 11.6. The van der Waals surface area contributed by atoms with E-state index in [1.807, 2.05) is 0 Å². The molecule has 0 aromatic heterocycles. The largest absolute Gasteiger partial charge is 0.481 e. The van der Waals surface area contributed by atoms with Crippen molar-refractivity contribution in [1.29, 1.82) is 0 Å². The Morgan fingerprint density at radius 2 is 1.75 bits per heavy atom. The van der Waals surface area contributed by atoms with Crippen molar-refractivity contribution in [2.75, 3.05) is 0 Å². The highest BCUT2D eigenvalue weighted by Crippen LogP contribution is 2.38. The van der Waals surface area contributed by atoms with Crippen molar-refractivity contribution in [2.24, 2.45) is 0 Å². The van der Waals surface area contributed by atoms with Crippen LogP contribution in [0.2, 0.25) is 0 Å². The summed E-state index contributed by atoms with van der Waals surface area (Å²) in [6, 6.07) is 6.16. The highest BCUT2D eigenvalue weighted by molar-refractivity contribution is 5.81. The summed E-state index contributed by atoms with van der Waals surface area (Å²) in [6.07, 6.45) is 3.39. The Morgan fingerprint density at radius 3 is 2.30 bits per heavy atom. The number of rotatable bonds is 5. The molecule has 0 radical (unpaired) electrons. The van der Waals surface area contributed by atoms with Gasteiger partial charge in [-0.15, -0.1) is 0 Å². The Kier molecular flexibility index (Phi) is 4.37. The Morgan fingerprint density at radius 1 is 1.15 bits per heavy atom. The minimum atomic E-state index is -0.984.